The quantitative estimate of drug-likeness (QED) is 0.936. The number of carbonyl (C=O) groups is 1. The normalized spacial score (nSPS) is 21.3. The highest BCUT2D eigenvalue weighted by atomic mass is 32.1. The first-order valence-corrected chi connectivity index (χ1v) is 8.30. The van der Waals surface area contributed by atoms with Gasteiger partial charge in [-0.1, -0.05) is 6.92 Å². The number of rotatable bonds is 4. The lowest BCUT2D eigenvalue weighted by Gasteiger charge is -2.22. The van der Waals surface area contributed by atoms with Gasteiger partial charge in [-0.05, 0) is 30.5 Å². The fourth-order valence-corrected chi connectivity index (χ4v) is 3.49. The summed E-state index contributed by atoms with van der Waals surface area (Å²) in [5, 5.41) is 2.86. The second-order valence-corrected chi connectivity index (χ2v) is 7.00. The summed E-state index contributed by atoms with van der Waals surface area (Å²) in [6.07, 6.45) is 4.87. The zero-order valence-corrected chi connectivity index (χ0v) is 13.5. The Morgan fingerprint density at radius 3 is 3.09 bits per heavy atom. The molecule has 2 N–H and O–H groups in total. The zero-order chi connectivity index (χ0) is 15.6. The minimum absolute atomic E-state index is 0.0681. The molecule has 1 unspecified atom stereocenters. The second kappa shape index (κ2) is 6.14. The molecule has 0 bridgehead atoms. The molecule has 1 aliphatic heterocycles. The summed E-state index contributed by atoms with van der Waals surface area (Å²) in [5.41, 5.74) is 7.68. The molecule has 1 saturated heterocycles. The SMILES string of the molecule is CC1(CN)CCN(C(=O)Cc2csc(-c3cccnc3)n2)C1. The summed E-state index contributed by atoms with van der Waals surface area (Å²) in [4.78, 5) is 23.0. The minimum atomic E-state index is 0.0681. The van der Waals surface area contributed by atoms with Crippen LogP contribution in [-0.4, -0.2) is 40.4 Å². The first kappa shape index (κ1) is 15.1. The van der Waals surface area contributed by atoms with E-state index in [0.717, 1.165) is 35.8 Å². The molecule has 1 fully saturated rings. The van der Waals surface area contributed by atoms with Gasteiger partial charge in [-0.15, -0.1) is 11.3 Å². The molecule has 2 aromatic rings. The topological polar surface area (TPSA) is 72.1 Å². The van der Waals surface area contributed by atoms with Crippen LogP contribution in [0.25, 0.3) is 10.6 Å². The molecule has 3 heterocycles. The second-order valence-electron chi connectivity index (χ2n) is 6.14. The molecule has 3 rings (SSSR count). The third kappa shape index (κ3) is 3.18. The van der Waals surface area contributed by atoms with Gasteiger partial charge in [-0.3, -0.25) is 9.78 Å². The lowest BCUT2D eigenvalue weighted by atomic mass is 9.90. The molecule has 2 aromatic heterocycles. The molecule has 1 aliphatic rings. The van der Waals surface area contributed by atoms with Crippen molar-refractivity contribution in [3.63, 3.8) is 0 Å². The van der Waals surface area contributed by atoms with Gasteiger partial charge in [0.25, 0.3) is 0 Å². The van der Waals surface area contributed by atoms with Crippen molar-refractivity contribution in [3.05, 3.63) is 35.6 Å². The number of nitrogens with two attached hydrogens (primary N) is 1. The highest BCUT2D eigenvalue weighted by Gasteiger charge is 2.34. The van der Waals surface area contributed by atoms with E-state index in [1.807, 2.05) is 22.4 Å². The highest BCUT2D eigenvalue weighted by Crippen LogP contribution is 2.29. The van der Waals surface area contributed by atoms with Crippen LogP contribution < -0.4 is 5.73 Å². The van der Waals surface area contributed by atoms with Gasteiger partial charge >= 0.3 is 0 Å². The Hall–Kier alpha value is -1.79. The smallest absolute Gasteiger partial charge is 0.228 e. The number of thiazole rings is 1. The van der Waals surface area contributed by atoms with Crippen molar-refractivity contribution < 1.29 is 4.79 Å². The number of pyridine rings is 1. The first-order chi connectivity index (χ1) is 10.6. The molecule has 0 radical (unpaired) electrons. The molecule has 0 spiro atoms. The van der Waals surface area contributed by atoms with Crippen molar-refractivity contribution in [2.45, 2.75) is 19.8 Å². The van der Waals surface area contributed by atoms with Crippen LogP contribution in [0.15, 0.2) is 29.9 Å². The lowest BCUT2D eigenvalue weighted by molar-refractivity contribution is -0.129. The first-order valence-electron chi connectivity index (χ1n) is 7.42. The fraction of sp³-hybridized carbons (Fsp3) is 0.438. The molecular weight excluding hydrogens is 296 g/mol. The van der Waals surface area contributed by atoms with Crippen molar-refractivity contribution in [3.8, 4) is 10.6 Å². The number of nitrogens with zero attached hydrogens (tertiary/aromatic N) is 3. The Morgan fingerprint density at radius 2 is 2.41 bits per heavy atom. The Balaban J connectivity index is 1.65. The van der Waals surface area contributed by atoms with Gasteiger partial charge < -0.3 is 10.6 Å². The number of carbonyl (C=O) groups excluding carboxylic acids is 1. The lowest BCUT2D eigenvalue weighted by Crippen LogP contribution is -2.35. The number of hydrogen-bond donors (Lipinski definition) is 1. The molecule has 5 nitrogen and oxygen atoms in total. The van der Waals surface area contributed by atoms with Crippen molar-refractivity contribution in [1.82, 2.24) is 14.9 Å². The predicted octanol–water partition coefficient (Wildman–Crippen LogP) is 1.94. The minimum Gasteiger partial charge on any atom is -0.342 e. The van der Waals surface area contributed by atoms with E-state index in [0.29, 0.717) is 13.0 Å². The average Bonchev–Trinajstić information content (AvgIpc) is 3.16. The van der Waals surface area contributed by atoms with Gasteiger partial charge in [0.1, 0.15) is 5.01 Å². The van der Waals surface area contributed by atoms with E-state index in [1.54, 1.807) is 23.7 Å². The van der Waals surface area contributed by atoms with Gasteiger partial charge in [0.2, 0.25) is 5.91 Å². The van der Waals surface area contributed by atoms with Gasteiger partial charge in [-0.2, -0.15) is 0 Å². The molecule has 22 heavy (non-hydrogen) atoms. The fourth-order valence-electron chi connectivity index (χ4n) is 2.68. The van der Waals surface area contributed by atoms with E-state index in [4.69, 9.17) is 5.73 Å². The third-order valence-electron chi connectivity index (χ3n) is 4.20. The molecule has 116 valence electrons. The maximum absolute atomic E-state index is 12.4. The number of amides is 1. The van der Waals surface area contributed by atoms with Crippen molar-refractivity contribution in [2.75, 3.05) is 19.6 Å². The molecule has 1 amide bonds. The summed E-state index contributed by atoms with van der Waals surface area (Å²) >= 11 is 1.55. The summed E-state index contributed by atoms with van der Waals surface area (Å²) < 4.78 is 0. The third-order valence-corrected chi connectivity index (χ3v) is 5.14. The number of hydrogen-bond acceptors (Lipinski definition) is 5. The van der Waals surface area contributed by atoms with E-state index in [-0.39, 0.29) is 11.3 Å². The largest absolute Gasteiger partial charge is 0.342 e. The summed E-state index contributed by atoms with van der Waals surface area (Å²) in [7, 11) is 0. The standard InChI is InChI=1S/C16H20N4OS/c1-16(10-17)4-6-20(11-16)14(21)7-13-9-22-15(19-13)12-3-2-5-18-8-12/h2-3,5,8-9H,4,6-7,10-11,17H2,1H3. The van der Waals surface area contributed by atoms with Crippen LogP contribution in [0.3, 0.4) is 0 Å². The maximum Gasteiger partial charge on any atom is 0.228 e. The molecule has 1 atom stereocenters. The van der Waals surface area contributed by atoms with Crippen LogP contribution in [-0.2, 0) is 11.2 Å². The van der Waals surface area contributed by atoms with E-state index in [2.05, 4.69) is 16.9 Å². The monoisotopic (exact) mass is 316 g/mol. The van der Waals surface area contributed by atoms with Crippen LogP contribution in [0.2, 0.25) is 0 Å². The Kier molecular flexibility index (Phi) is 4.22. The Morgan fingerprint density at radius 1 is 1.55 bits per heavy atom. The van der Waals surface area contributed by atoms with Crippen LogP contribution in [0.1, 0.15) is 19.0 Å². The maximum atomic E-state index is 12.4. The molecule has 0 aromatic carbocycles. The summed E-state index contributed by atoms with van der Waals surface area (Å²) in [5.74, 6) is 0.139. The number of aromatic nitrogens is 2. The van der Waals surface area contributed by atoms with Crippen LogP contribution in [0.5, 0.6) is 0 Å². The molecular formula is C16H20N4OS. The van der Waals surface area contributed by atoms with Crippen molar-refractivity contribution in [2.24, 2.45) is 11.1 Å². The van der Waals surface area contributed by atoms with Crippen LogP contribution in [0.4, 0.5) is 0 Å². The van der Waals surface area contributed by atoms with Gasteiger partial charge in [-0.25, -0.2) is 4.98 Å². The average molecular weight is 316 g/mol. The molecule has 6 heteroatoms. The van der Waals surface area contributed by atoms with E-state index in [9.17, 15) is 4.79 Å². The van der Waals surface area contributed by atoms with Gasteiger partial charge in [0, 0.05) is 36.4 Å². The van der Waals surface area contributed by atoms with Gasteiger partial charge in [0.05, 0.1) is 12.1 Å². The van der Waals surface area contributed by atoms with E-state index >= 15 is 0 Å². The Labute approximate surface area is 134 Å². The Bertz CT molecular complexity index is 657. The van der Waals surface area contributed by atoms with Crippen molar-refractivity contribution >= 4 is 17.2 Å². The van der Waals surface area contributed by atoms with Crippen molar-refractivity contribution in [1.29, 1.82) is 0 Å². The zero-order valence-electron chi connectivity index (χ0n) is 12.7. The van der Waals surface area contributed by atoms with E-state index < -0.39 is 0 Å². The summed E-state index contributed by atoms with van der Waals surface area (Å²) in [6.45, 7) is 4.32. The molecule has 0 saturated carbocycles. The predicted molar refractivity (Wildman–Crippen MR) is 87.4 cm³/mol. The van der Waals surface area contributed by atoms with Crippen LogP contribution in [0, 0.1) is 5.41 Å². The number of likely N-dealkylation sites (tertiary alicyclic amines) is 1. The van der Waals surface area contributed by atoms with Gasteiger partial charge in [0.15, 0.2) is 0 Å². The highest BCUT2D eigenvalue weighted by molar-refractivity contribution is 7.13. The summed E-state index contributed by atoms with van der Waals surface area (Å²) in [6, 6.07) is 3.87. The molecule has 0 aliphatic carbocycles. The van der Waals surface area contributed by atoms with Crippen LogP contribution >= 0.6 is 11.3 Å². The van der Waals surface area contributed by atoms with E-state index in [1.165, 1.54) is 0 Å².